The highest BCUT2D eigenvalue weighted by Crippen LogP contribution is 2.13. The minimum Gasteiger partial charge on any atom is -0.481 e. The average Bonchev–Trinajstić information content (AvgIpc) is 2.17. The molecule has 0 aromatic heterocycles. The summed E-state index contributed by atoms with van der Waals surface area (Å²) in [6.07, 6.45) is 3.80. The number of nitrogens with one attached hydrogen (secondary N) is 1. The molecule has 0 aromatic rings. The second-order valence-corrected chi connectivity index (χ2v) is 4.25. The van der Waals surface area contributed by atoms with Crippen LogP contribution < -0.4 is 5.32 Å². The lowest BCUT2D eigenvalue weighted by Gasteiger charge is -2.18. The van der Waals surface area contributed by atoms with Crippen LogP contribution in [0.1, 0.15) is 52.9 Å². The zero-order valence-corrected chi connectivity index (χ0v) is 10.5. The molecule has 0 aliphatic carbocycles. The van der Waals surface area contributed by atoms with Gasteiger partial charge in [0.2, 0.25) is 5.91 Å². The van der Waals surface area contributed by atoms with Gasteiger partial charge >= 0.3 is 5.97 Å². The number of hydrogen-bond acceptors (Lipinski definition) is 2. The van der Waals surface area contributed by atoms with Gasteiger partial charge in [-0.1, -0.05) is 26.7 Å². The number of amides is 1. The highest BCUT2D eigenvalue weighted by Gasteiger charge is 2.18. The summed E-state index contributed by atoms with van der Waals surface area (Å²) >= 11 is 0. The Kier molecular flexibility index (Phi) is 7.60. The maximum Gasteiger partial charge on any atom is 0.305 e. The second-order valence-electron chi connectivity index (χ2n) is 4.25. The highest BCUT2D eigenvalue weighted by molar-refractivity contribution is 5.79. The van der Waals surface area contributed by atoms with Gasteiger partial charge in [-0.05, 0) is 19.8 Å². The monoisotopic (exact) mass is 229 g/mol. The lowest BCUT2D eigenvalue weighted by molar-refractivity contribution is -0.137. The summed E-state index contributed by atoms with van der Waals surface area (Å²) in [7, 11) is 0. The summed E-state index contributed by atoms with van der Waals surface area (Å²) in [6, 6.07) is -0.291. The first-order chi connectivity index (χ1) is 7.51. The largest absolute Gasteiger partial charge is 0.481 e. The Balaban J connectivity index is 4.04. The molecule has 2 atom stereocenters. The molecule has 0 heterocycles. The molecule has 0 unspecified atom stereocenters. The molecule has 0 spiro atoms. The molecule has 16 heavy (non-hydrogen) atoms. The third kappa shape index (κ3) is 6.43. The Morgan fingerprint density at radius 3 is 2.38 bits per heavy atom. The number of rotatable bonds is 8. The van der Waals surface area contributed by atoms with E-state index in [1.54, 1.807) is 6.92 Å². The maximum atomic E-state index is 11.8. The fourth-order valence-corrected chi connectivity index (χ4v) is 1.64. The Labute approximate surface area is 97.4 Å². The third-order valence-corrected chi connectivity index (χ3v) is 2.64. The quantitative estimate of drug-likeness (QED) is 0.670. The lowest BCUT2D eigenvalue weighted by atomic mass is 9.98. The first-order valence-electron chi connectivity index (χ1n) is 6.03. The van der Waals surface area contributed by atoms with E-state index in [1.165, 1.54) is 0 Å². The Morgan fingerprint density at radius 2 is 1.94 bits per heavy atom. The van der Waals surface area contributed by atoms with Gasteiger partial charge in [0.15, 0.2) is 0 Å². The molecule has 4 heteroatoms. The van der Waals surface area contributed by atoms with E-state index in [1.807, 2.05) is 6.92 Å². The normalized spacial score (nSPS) is 14.2. The van der Waals surface area contributed by atoms with Crippen molar-refractivity contribution in [2.24, 2.45) is 5.92 Å². The summed E-state index contributed by atoms with van der Waals surface area (Å²) < 4.78 is 0. The first-order valence-corrected chi connectivity index (χ1v) is 6.03. The van der Waals surface area contributed by atoms with Crippen molar-refractivity contribution in [1.82, 2.24) is 5.32 Å². The molecule has 1 amide bonds. The summed E-state index contributed by atoms with van der Waals surface area (Å²) in [4.78, 5) is 22.2. The van der Waals surface area contributed by atoms with Gasteiger partial charge in [-0.25, -0.2) is 0 Å². The van der Waals surface area contributed by atoms with Crippen LogP contribution in [0.3, 0.4) is 0 Å². The van der Waals surface area contributed by atoms with E-state index >= 15 is 0 Å². The molecule has 0 rings (SSSR count). The summed E-state index contributed by atoms with van der Waals surface area (Å²) in [5.41, 5.74) is 0. The van der Waals surface area contributed by atoms with Crippen LogP contribution in [0, 0.1) is 5.92 Å². The van der Waals surface area contributed by atoms with Gasteiger partial charge in [-0.15, -0.1) is 0 Å². The average molecular weight is 229 g/mol. The van der Waals surface area contributed by atoms with E-state index < -0.39 is 5.97 Å². The molecule has 0 bridgehead atoms. The Morgan fingerprint density at radius 1 is 1.31 bits per heavy atom. The molecule has 0 saturated carbocycles. The lowest BCUT2D eigenvalue weighted by Crippen LogP contribution is -2.38. The van der Waals surface area contributed by atoms with Crippen LogP contribution in [-0.4, -0.2) is 23.0 Å². The topological polar surface area (TPSA) is 66.4 Å². The van der Waals surface area contributed by atoms with Gasteiger partial charge in [0.05, 0.1) is 6.42 Å². The van der Waals surface area contributed by atoms with Gasteiger partial charge < -0.3 is 10.4 Å². The number of carboxylic acids is 1. The van der Waals surface area contributed by atoms with Gasteiger partial charge in [-0.2, -0.15) is 0 Å². The van der Waals surface area contributed by atoms with E-state index in [4.69, 9.17) is 5.11 Å². The van der Waals surface area contributed by atoms with Crippen molar-refractivity contribution < 1.29 is 14.7 Å². The van der Waals surface area contributed by atoms with E-state index in [0.29, 0.717) is 0 Å². The summed E-state index contributed by atoms with van der Waals surface area (Å²) in [5, 5.41) is 11.3. The van der Waals surface area contributed by atoms with Crippen LogP contribution in [0.2, 0.25) is 0 Å². The number of aliphatic carboxylic acids is 1. The van der Waals surface area contributed by atoms with Crippen molar-refractivity contribution in [2.45, 2.75) is 58.9 Å². The predicted octanol–water partition coefficient (Wildman–Crippen LogP) is 2.18. The molecule has 0 aliphatic rings. The molecular weight excluding hydrogens is 206 g/mol. The number of carboxylic acid groups (broad SMARTS) is 1. The van der Waals surface area contributed by atoms with E-state index in [-0.39, 0.29) is 24.3 Å². The van der Waals surface area contributed by atoms with E-state index in [9.17, 15) is 9.59 Å². The van der Waals surface area contributed by atoms with Gasteiger partial charge in [0, 0.05) is 12.0 Å². The fraction of sp³-hybridized carbons (Fsp3) is 0.833. The molecule has 2 N–H and O–H groups in total. The molecule has 0 saturated heterocycles. The Bertz CT molecular complexity index is 228. The van der Waals surface area contributed by atoms with Crippen LogP contribution in [0.5, 0.6) is 0 Å². The van der Waals surface area contributed by atoms with Crippen molar-refractivity contribution in [3.05, 3.63) is 0 Å². The van der Waals surface area contributed by atoms with Crippen LogP contribution in [-0.2, 0) is 9.59 Å². The number of carbonyl (C=O) groups is 2. The van der Waals surface area contributed by atoms with Crippen molar-refractivity contribution in [1.29, 1.82) is 0 Å². The van der Waals surface area contributed by atoms with Crippen molar-refractivity contribution in [2.75, 3.05) is 0 Å². The smallest absolute Gasteiger partial charge is 0.305 e. The van der Waals surface area contributed by atoms with Crippen molar-refractivity contribution >= 4 is 11.9 Å². The fourth-order valence-electron chi connectivity index (χ4n) is 1.64. The minimum absolute atomic E-state index is 0.00954. The number of carbonyl (C=O) groups excluding carboxylic acids is 1. The van der Waals surface area contributed by atoms with Crippen LogP contribution >= 0.6 is 0 Å². The molecular formula is C12H23NO3. The molecule has 4 nitrogen and oxygen atoms in total. The first kappa shape index (κ1) is 14.9. The summed E-state index contributed by atoms with van der Waals surface area (Å²) in [6.45, 7) is 5.80. The standard InChI is InChI=1S/C12H23NO3/c1-4-6-7-10(5-2)12(16)13-9(3)8-11(14)15/h9-10H,4-8H2,1-3H3,(H,13,16)(H,14,15)/t9-,10-/m0/s1. The zero-order valence-electron chi connectivity index (χ0n) is 10.5. The second kappa shape index (κ2) is 8.13. The van der Waals surface area contributed by atoms with Crippen LogP contribution in [0.15, 0.2) is 0 Å². The molecule has 0 radical (unpaired) electrons. The molecule has 94 valence electrons. The maximum absolute atomic E-state index is 11.8. The zero-order chi connectivity index (χ0) is 12.6. The number of hydrogen-bond donors (Lipinski definition) is 2. The minimum atomic E-state index is -0.880. The van der Waals surface area contributed by atoms with Crippen LogP contribution in [0.25, 0.3) is 0 Å². The van der Waals surface area contributed by atoms with Gasteiger partial charge in [-0.3, -0.25) is 9.59 Å². The molecule has 0 fully saturated rings. The van der Waals surface area contributed by atoms with E-state index in [0.717, 1.165) is 25.7 Å². The van der Waals surface area contributed by atoms with Gasteiger partial charge in [0.1, 0.15) is 0 Å². The highest BCUT2D eigenvalue weighted by atomic mass is 16.4. The van der Waals surface area contributed by atoms with Gasteiger partial charge in [0.25, 0.3) is 0 Å². The summed E-state index contributed by atoms with van der Waals surface area (Å²) in [5.74, 6) is -0.865. The van der Waals surface area contributed by atoms with Crippen molar-refractivity contribution in [3.63, 3.8) is 0 Å². The molecule has 0 aliphatic heterocycles. The molecule has 0 aromatic carbocycles. The SMILES string of the molecule is CCCC[C@H](CC)C(=O)N[C@@H](C)CC(=O)O. The number of unbranched alkanes of at least 4 members (excludes halogenated alkanes) is 1. The van der Waals surface area contributed by atoms with Crippen LogP contribution in [0.4, 0.5) is 0 Å². The van der Waals surface area contributed by atoms with E-state index in [2.05, 4.69) is 12.2 Å². The Hall–Kier alpha value is -1.06. The van der Waals surface area contributed by atoms with Crippen molar-refractivity contribution in [3.8, 4) is 0 Å². The predicted molar refractivity (Wildman–Crippen MR) is 63.2 cm³/mol. The third-order valence-electron chi connectivity index (χ3n) is 2.64.